The third kappa shape index (κ3) is 2.29. The lowest BCUT2D eigenvalue weighted by atomic mass is 9.74. The van der Waals surface area contributed by atoms with Gasteiger partial charge in [-0.1, -0.05) is 18.2 Å². The van der Waals surface area contributed by atoms with Crippen molar-refractivity contribution in [3.05, 3.63) is 53.8 Å². The van der Waals surface area contributed by atoms with E-state index in [1.165, 1.54) is 25.1 Å². The summed E-state index contributed by atoms with van der Waals surface area (Å²) in [5.74, 6) is -3.10. The molecule has 0 unspecified atom stereocenters. The van der Waals surface area contributed by atoms with Gasteiger partial charge < -0.3 is 0 Å². The molecule has 0 saturated heterocycles. The van der Waals surface area contributed by atoms with Gasteiger partial charge in [-0.2, -0.15) is 0 Å². The van der Waals surface area contributed by atoms with Crippen LogP contribution in [0.3, 0.4) is 0 Å². The summed E-state index contributed by atoms with van der Waals surface area (Å²) in [5, 5.41) is 0. The number of hydrogen-bond acceptors (Lipinski definition) is 4. The molecule has 132 valence electrons. The maximum absolute atomic E-state index is 13.2. The van der Waals surface area contributed by atoms with Crippen LogP contribution in [0.1, 0.15) is 26.3 Å². The minimum Gasteiger partial charge on any atom is -0.298 e. The molecule has 2 amide bonds. The van der Waals surface area contributed by atoms with E-state index in [0.717, 1.165) is 18.7 Å². The summed E-state index contributed by atoms with van der Waals surface area (Å²) in [7, 11) is 0. The summed E-state index contributed by atoms with van der Waals surface area (Å²) in [6, 6.07) is 10.4. The van der Waals surface area contributed by atoms with E-state index in [1.807, 2.05) is 0 Å². The SMILES string of the molecule is CC(=O)N1C(=O)C(C(C)=O)(C(C)=O)c2cc(-c3ccc(F)cc3)ccc21. The van der Waals surface area contributed by atoms with E-state index in [-0.39, 0.29) is 11.3 Å². The molecule has 0 radical (unpaired) electrons. The molecule has 0 atom stereocenters. The van der Waals surface area contributed by atoms with Crippen LogP contribution in [0.4, 0.5) is 10.1 Å². The quantitative estimate of drug-likeness (QED) is 0.796. The van der Waals surface area contributed by atoms with Gasteiger partial charge in [0.25, 0.3) is 5.91 Å². The van der Waals surface area contributed by atoms with Gasteiger partial charge in [0.2, 0.25) is 5.91 Å². The van der Waals surface area contributed by atoms with E-state index in [4.69, 9.17) is 0 Å². The topological polar surface area (TPSA) is 71.5 Å². The number of rotatable bonds is 3. The van der Waals surface area contributed by atoms with E-state index >= 15 is 0 Å². The van der Waals surface area contributed by atoms with Crippen molar-refractivity contribution in [2.24, 2.45) is 0 Å². The van der Waals surface area contributed by atoms with Gasteiger partial charge in [-0.3, -0.25) is 19.2 Å². The predicted octanol–water partition coefficient (Wildman–Crippen LogP) is 2.80. The van der Waals surface area contributed by atoms with Crippen molar-refractivity contribution in [3.8, 4) is 11.1 Å². The Hall–Kier alpha value is -3.15. The smallest absolute Gasteiger partial charge is 0.259 e. The largest absolute Gasteiger partial charge is 0.298 e. The molecule has 0 bridgehead atoms. The normalized spacial score (nSPS) is 14.9. The summed E-state index contributed by atoms with van der Waals surface area (Å²) in [4.78, 5) is 50.6. The third-order valence-corrected chi connectivity index (χ3v) is 4.71. The number of halogens is 1. The highest BCUT2D eigenvalue weighted by atomic mass is 19.1. The first-order valence-electron chi connectivity index (χ1n) is 7.99. The molecule has 0 saturated carbocycles. The highest BCUT2D eigenvalue weighted by molar-refractivity contribution is 6.39. The second-order valence-corrected chi connectivity index (χ2v) is 6.26. The zero-order valence-corrected chi connectivity index (χ0v) is 14.5. The van der Waals surface area contributed by atoms with Gasteiger partial charge in [0.15, 0.2) is 17.0 Å². The molecule has 1 aliphatic rings. The predicted molar refractivity (Wildman–Crippen MR) is 93.0 cm³/mol. The van der Waals surface area contributed by atoms with Gasteiger partial charge in [0.05, 0.1) is 5.69 Å². The fraction of sp³-hybridized carbons (Fsp3) is 0.200. The molecule has 0 fully saturated rings. The van der Waals surface area contributed by atoms with Crippen LogP contribution < -0.4 is 4.90 Å². The van der Waals surface area contributed by atoms with Crippen LogP contribution in [-0.2, 0) is 24.6 Å². The van der Waals surface area contributed by atoms with Crippen molar-refractivity contribution in [3.63, 3.8) is 0 Å². The number of anilines is 1. The van der Waals surface area contributed by atoms with E-state index < -0.39 is 34.6 Å². The molecule has 2 aromatic carbocycles. The fourth-order valence-corrected chi connectivity index (χ4v) is 3.49. The molecule has 1 heterocycles. The fourth-order valence-electron chi connectivity index (χ4n) is 3.49. The average molecular weight is 353 g/mol. The molecule has 0 aromatic heterocycles. The zero-order chi connectivity index (χ0) is 19.2. The molecule has 26 heavy (non-hydrogen) atoms. The molecule has 3 rings (SSSR count). The van der Waals surface area contributed by atoms with E-state index in [0.29, 0.717) is 11.1 Å². The number of Topliss-reactive ketones (excluding diaryl/α,β-unsaturated/α-hetero) is 2. The minimum absolute atomic E-state index is 0.180. The second-order valence-electron chi connectivity index (χ2n) is 6.26. The monoisotopic (exact) mass is 353 g/mol. The molecule has 2 aromatic rings. The van der Waals surface area contributed by atoms with Gasteiger partial charge >= 0.3 is 0 Å². The van der Waals surface area contributed by atoms with Gasteiger partial charge in [-0.25, -0.2) is 9.29 Å². The number of carbonyl (C=O) groups excluding carboxylic acids is 4. The van der Waals surface area contributed by atoms with E-state index in [1.54, 1.807) is 24.3 Å². The Labute approximate surface area is 149 Å². The Kier molecular flexibility index (Phi) is 4.06. The number of benzene rings is 2. The Morgan fingerprint density at radius 3 is 1.92 bits per heavy atom. The van der Waals surface area contributed by atoms with Crippen LogP contribution in [0.2, 0.25) is 0 Å². The van der Waals surface area contributed by atoms with Crippen molar-refractivity contribution in [1.29, 1.82) is 0 Å². The Morgan fingerprint density at radius 2 is 1.42 bits per heavy atom. The highest BCUT2D eigenvalue weighted by Crippen LogP contribution is 2.45. The number of amides is 2. The molecule has 0 spiro atoms. The Morgan fingerprint density at radius 1 is 0.885 bits per heavy atom. The number of carbonyl (C=O) groups is 4. The molecule has 0 aliphatic carbocycles. The third-order valence-electron chi connectivity index (χ3n) is 4.71. The maximum atomic E-state index is 13.2. The van der Waals surface area contributed by atoms with Crippen LogP contribution in [0.15, 0.2) is 42.5 Å². The van der Waals surface area contributed by atoms with Crippen LogP contribution in [0.5, 0.6) is 0 Å². The highest BCUT2D eigenvalue weighted by Gasteiger charge is 2.59. The molecular formula is C20H16FNO4. The standard InChI is InChI=1S/C20H16FNO4/c1-11(23)20(12(2)24)17-10-15(14-4-7-16(21)8-5-14)6-9-18(17)22(13(3)25)19(20)26/h4-10H,1-3H3. The number of hydrogen-bond donors (Lipinski definition) is 0. The molecule has 6 heteroatoms. The van der Waals surface area contributed by atoms with Crippen molar-refractivity contribution in [2.75, 3.05) is 4.90 Å². The number of imide groups is 1. The summed E-state index contributed by atoms with van der Waals surface area (Å²) in [6.45, 7) is 3.53. The molecular weight excluding hydrogens is 337 g/mol. The lowest BCUT2D eigenvalue weighted by molar-refractivity contribution is -0.140. The Balaban J connectivity index is 2.31. The maximum Gasteiger partial charge on any atom is 0.259 e. The lowest BCUT2D eigenvalue weighted by Gasteiger charge is -2.22. The van der Waals surface area contributed by atoms with E-state index in [9.17, 15) is 23.6 Å². The summed E-state index contributed by atoms with van der Waals surface area (Å²) >= 11 is 0. The lowest BCUT2D eigenvalue weighted by Crippen LogP contribution is -2.51. The van der Waals surface area contributed by atoms with Crippen LogP contribution in [-0.4, -0.2) is 23.4 Å². The van der Waals surface area contributed by atoms with Crippen molar-refractivity contribution < 1.29 is 23.6 Å². The van der Waals surface area contributed by atoms with Crippen molar-refractivity contribution >= 4 is 29.1 Å². The number of nitrogens with zero attached hydrogens (tertiary/aromatic N) is 1. The summed E-state index contributed by atoms with van der Waals surface area (Å²) in [5.41, 5.74) is -0.368. The average Bonchev–Trinajstić information content (AvgIpc) is 2.83. The minimum atomic E-state index is -2.03. The van der Waals surface area contributed by atoms with Gasteiger partial charge in [0, 0.05) is 12.5 Å². The second kappa shape index (κ2) is 5.98. The number of fused-ring (bicyclic) bond motifs is 1. The molecule has 0 N–H and O–H groups in total. The van der Waals surface area contributed by atoms with Gasteiger partial charge in [-0.15, -0.1) is 0 Å². The van der Waals surface area contributed by atoms with Crippen LogP contribution in [0, 0.1) is 5.82 Å². The zero-order valence-electron chi connectivity index (χ0n) is 14.5. The van der Waals surface area contributed by atoms with Crippen LogP contribution in [0.25, 0.3) is 11.1 Å². The first-order chi connectivity index (χ1) is 12.2. The van der Waals surface area contributed by atoms with Crippen molar-refractivity contribution in [2.45, 2.75) is 26.2 Å². The van der Waals surface area contributed by atoms with E-state index in [2.05, 4.69) is 0 Å². The first-order valence-corrected chi connectivity index (χ1v) is 7.99. The molecule has 1 aliphatic heterocycles. The summed E-state index contributed by atoms with van der Waals surface area (Å²) in [6.07, 6.45) is 0. The molecule has 5 nitrogen and oxygen atoms in total. The van der Waals surface area contributed by atoms with Crippen molar-refractivity contribution in [1.82, 2.24) is 0 Å². The van der Waals surface area contributed by atoms with Gasteiger partial charge in [-0.05, 0) is 49.2 Å². The Bertz CT molecular complexity index is 948. The summed E-state index contributed by atoms with van der Waals surface area (Å²) < 4.78 is 13.2. The number of ketones is 2. The first kappa shape index (κ1) is 17.7. The van der Waals surface area contributed by atoms with Gasteiger partial charge in [0.1, 0.15) is 5.82 Å². The van der Waals surface area contributed by atoms with Crippen LogP contribution >= 0.6 is 0 Å².